The first kappa shape index (κ1) is 15.1. The van der Waals surface area contributed by atoms with Gasteiger partial charge in [-0.15, -0.1) is 12.3 Å². The van der Waals surface area contributed by atoms with Crippen LogP contribution >= 0.6 is 0 Å². The third-order valence-electron chi connectivity index (χ3n) is 3.81. The Kier molecular flexibility index (Phi) is 4.82. The zero-order chi connectivity index (χ0) is 14.5. The van der Waals surface area contributed by atoms with Crippen molar-refractivity contribution in [1.82, 2.24) is 0 Å². The second-order valence-corrected chi connectivity index (χ2v) is 5.66. The van der Waals surface area contributed by atoms with Gasteiger partial charge in [-0.2, -0.15) is 0 Å². The molecule has 0 aromatic heterocycles. The van der Waals surface area contributed by atoms with Crippen LogP contribution in [0.1, 0.15) is 25.3 Å². The van der Waals surface area contributed by atoms with Crippen molar-refractivity contribution in [3.05, 3.63) is 35.9 Å². The van der Waals surface area contributed by atoms with Gasteiger partial charge in [0.25, 0.3) is 0 Å². The molecule has 2 unspecified atom stereocenters. The molecule has 1 aliphatic rings. The topological polar surface area (TPSA) is 27.7 Å². The van der Waals surface area contributed by atoms with Crippen molar-refractivity contribution < 1.29 is 14.2 Å². The van der Waals surface area contributed by atoms with Crippen molar-refractivity contribution in [2.24, 2.45) is 5.41 Å². The summed E-state index contributed by atoms with van der Waals surface area (Å²) >= 11 is 0. The first-order valence-electron chi connectivity index (χ1n) is 6.86. The minimum atomic E-state index is -0.549. The number of terminal acetylenes is 1. The first-order valence-corrected chi connectivity index (χ1v) is 6.86. The first-order chi connectivity index (χ1) is 9.61. The average Bonchev–Trinajstić information content (AvgIpc) is 2.79. The van der Waals surface area contributed by atoms with Crippen LogP contribution in [0.5, 0.6) is 0 Å². The largest absolute Gasteiger partial charge is 0.376 e. The highest BCUT2D eigenvalue weighted by Gasteiger charge is 2.47. The molecule has 0 radical (unpaired) electrons. The molecule has 1 aliphatic heterocycles. The summed E-state index contributed by atoms with van der Waals surface area (Å²) in [5, 5.41) is 0. The Balaban J connectivity index is 1.92. The highest BCUT2D eigenvalue weighted by atomic mass is 16.7. The standard InChI is InChI=1S/C17H22O3/c1-4-10-17(12-16(2,18-3)20-14-17)13-19-11-15-8-6-5-7-9-15/h1,5-9H,10-14H2,2-3H3. The Bertz CT molecular complexity index is 465. The van der Waals surface area contributed by atoms with E-state index in [0.29, 0.717) is 26.2 Å². The molecule has 1 saturated heterocycles. The molecule has 1 aromatic carbocycles. The average molecular weight is 274 g/mol. The normalized spacial score (nSPS) is 29.2. The van der Waals surface area contributed by atoms with Gasteiger partial charge < -0.3 is 14.2 Å². The minimum Gasteiger partial charge on any atom is -0.376 e. The van der Waals surface area contributed by atoms with Crippen molar-refractivity contribution >= 4 is 0 Å². The second kappa shape index (κ2) is 6.41. The van der Waals surface area contributed by atoms with Gasteiger partial charge in [0.15, 0.2) is 5.79 Å². The molecule has 3 nitrogen and oxygen atoms in total. The van der Waals surface area contributed by atoms with Gasteiger partial charge >= 0.3 is 0 Å². The molecule has 108 valence electrons. The summed E-state index contributed by atoms with van der Waals surface area (Å²) in [7, 11) is 1.66. The summed E-state index contributed by atoms with van der Waals surface area (Å²) < 4.78 is 17.0. The number of hydrogen-bond acceptors (Lipinski definition) is 3. The zero-order valence-corrected chi connectivity index (χ0v) is 12.2. The molecule has 20 heavy (non-hydrogen) atoms. The summed E-state index contributed by atoms with van der Waals surface area (Å²) in [5.74, 6) is 2.20. The fourth-order valence-electron chi connectivity index (χ4n) is 2.65. The quantitative estimate of drug-likeness (QED) is 0.746. The number of hydrogen-bond donors (Lipinski definition) is 0. The number of ether oxygens (including phenoxy) is 3. The van der Waals surface area contributed by atoms with Crippen LogP contribution in [0.25, 0.3) is 0 Å². The molecule has 1 aromatic rings. The molecule has 0 N–H and O–H groups in total. The maximum atomic E-state index is 5.87. The van der Waals surface area contributed by atoms with Crippen molar-refractivity contribution in [2.75, 3.05) is 20.3 Å². The van der Waals surface area contributed by atoms with E-state index in [2.05, 4.69) is 18.1 Å². The molecule has 1 fully saturated rings. The van der Waals surface area contributed by atoms with Crippen LogP contribution in [0.3, 0.4) is 0 Å². The fraction of sp³-hybridized carbons (Fsp3) is 0.529. The van der Waals surface area contributed by atoms with Crippen LogP contribution in [0.2, 0.25) is 0 Å². The zero-order valence-electron chi connectivity index (χ0n) is 12.2. The Hall–Kier alpha value is -1.34. The lowest BCUT2D eigenvalue weighted by molar-refractivity contribution is -0.178. The Labute approximate surface area is 121 Å². The maximum Gasteiger partial charge on any atom is 0.165 e. The fourth-order valence-corrected chi connectivity index (χ4v) is 2.65. The summed E-state index contributed by atoms with van der Waals surface area (Å²) in [6, 6.07) is 10.1. The van der Waals surface area contributed by atoms with Gasteiger partial charge in [0, 0.05) is 25.4 Å². The van der Waals surface area contributed by atoms with E-state index in [1.807, 2.05) is 25.1 Å². The van der Waals surface area contributed by atoms with E-state index in [-0.39, 0.29) is 5.41 Å². The van der Waals surface area contributed by atoms with E-state index >= 15 is 0 Å². The smallest absolute Gasteiger partial charge is 0.165 e. The molecular formula is C17H22O3. The molecule has 0 aliphatic carbocycles. The van der Waals surface area contributed by atoms with E-state index in [4.69, 9.17) is 20.6 Å². The predicted molar refractivity (Wildman–Crippen MR) is 78.0 cm³/mol. The van der Waals surface area contributed by atoms with Gasteiger partial charge in [0.05, 0.1) is 19.8 Å². The Morgan fingerprint density at radius 2 is 2.10 bits per heavy atom. The lowest BCUT2D eigenvalue weighted by Crippen LogP contribution is -2.31. The van der Waals surface area contributed by atoms with Crippen LogP contribution in [0.4, 0.5) is 0 Å². The van der Waals surface area contributed by atoms with Gasteiger partial charge in [-0.25, -0.2) is 0 Å². The van der Waals surface area contributed by atoms with Gasteiger partial charge in [-0.3, -0.25) is 0 Å². The highest BCUT2D eigenvalue weighted by Crippen LogP contribution is 2.42. The lowest BCUT2D eigenvalue weighted by Gasteiger charge is -2.27. The van der Waals surface area contributed by atoms with Crippen LogP contribution < -0.4 is 0 Å². The summed E-state index contributed by atoms with van der Waals surface area (Å²) in [5.41, 5.74) is 1.02. The summed E-state index contributed by atoms with van der Waals surface area (Å²) in [4.78, 5) is 0. The van der Waals surface area contributed by atoms with Crippen molar-refractivity contribution in [3.63, 3.8) is 0 Å². The molecule has 3 heteroatoms. The van der Waals surface area contributed by atoms with Gasteiger partial charge in [0.1, 0.15) is 0 Å². The van der Waals surface area contributed by atoms with Crippen molar-refractivity contribution in [3.8, 4) is 12.3 Å². The molecule has 2 atom stereocenters. The monoisotopic (exact) mass is 274 g/mol. The highest BCUT2D eigenvalue weighted by molar-refractivity contribution is 5.13. The van der Waals surface area contributed by atoms with Crippen molar-refractivity contribution in [1.29, 1.82) is 0 Å². The van der Waals surface area contributed by atoms with E-state index in [9.17, 15) is 0 Å². The predicted octanol–water partition coefficient (Wildman–Crippen LogP) is 3.00. The molecule has 0 amide bonds. The van der Waals surface area contributed by atoms with E-state index in [1.165, 1.54) is 0 Å². The van der Waals surface area contributed by atoms with Crippen LogP contribution in [-0.4, -0.2) is 26.1 Å². The van der Waals surface area contributed by atoms with Gasteiger partial charge in [-0.05, 0) is 12.5 Å². The second-order valence-electron chi connectivity index (χ2n) is 5.66. The van der Waals surface area contributed by atoms with Crippen LogP contribution in [-0.2, 0) is 20.8 Å². The third-order valence-corrected chi connectivity index (χ3v) is 3.81. The van der Waals surface area contributed by atoms with Crippen LogP contribution in [0, 0.1) is 17.8 Å². The Morgan fingerprint density at radius 1 is 1.35 bits per heavy atom. The van der Waals surface area contributed by atoms with Crippen LogP contribution in [0.15, 0.2) is 30.3 Å². The SMILES string of the molecule is C#CCC1(COCc2ccccc2)COC(C)(OC)C1. The lowest BCUT2D eigenvalue weighted by atomic mass is 9.82. The number of methoxy groups -OCH3 is 1. The number of benzene rings is 1. The molecule has 0 spiro atoms. The maximum absolute atomic E-state index is 5.87. The van der Waals surface area contributed by atoms with E-state index in [1.54, 1.807) is 7.11 Å². The van der Waals surface area contributed by atoms with Gasteiger partial charge in [0.2, 0.25) is 0 Å². The van der Waals surface area contributed by atoms with Gasteiger partial charge in [-0.1, -0.05) is 30.3 Å². The third kappa shape index (κ3) is 3.61. The summed E-state index contributed by atoms with van der Waals surface area (Å²) in [6.45, 7) is 3.71. The molecule has 1 heterocycles. The van der Waals surface area contributed by atoms with E-state index in [0.717, 1.165) is 12.0 Å². The Morgan fingerprint density at radius 3 is 2.70 bits per heavy atom. The minimum absolute atomic E-state index is 0.145. The van der Waals surface area contributed by atoms with E-state index < -0.39 is 5.79 Å². The molecule has 0 saturated carbocycles. The molecular weight excluding hydrogens is 252 g/mol. The van der Waals surface area contributed by atoms with Crippen molar-refractivity contribution in [2.45, 2.75) is 32.2 Å². The molecule has 0 bridgehead atoms. The number of rotatable bonds is 6. The summed E-state index contributed by atoms with van der Waals surface area (Å²) in [6.07, 6.45) is 6.90. The molecule has 2 rings (SSSR count).